The van der Waals surface area contributed by atoms with Gasteiger partial charge in [0.15, 0.2) is 0 Å². The van der Waals surface area contributed by atoms with E-state index in [-0.39, 0.29) is 11.8 Å². The molecule has 0 spiro atoms. The molecule has 6 heteroatoms. The fourth-order valence-corrected chi connectivity index (χ4v) is 2.67. The molecule has 0 atom stereocenters. The molecule has 0 fully saturated rings. The van der Waals surface area contributed by atoms with Crippen LogP contribution in [0.1, 0.15) is 34.5 Å². The Hall–Kier alpha value is -3.41. The molecule has 0 aliphatic rings. The monoisotopic (exact) mass is 363 g/mol. The van der Waals surface area contributed by atoms with Gasteiger partial charge in [0.2, 0.25) is 5.91 Å². The van der Waals surface area contributed by atoms with Crippen molar-refractivity contribution in [2.75, 3.05) is 10.6 Å². The Bertz CT molecular complexity index is 902. The van der Waals surface area contributed by atoms with Gasteiger partial charge >= 0.3 is 0 Å². The molecule has 2 amide bonds. The zero-order valence-electron chi connectivity index (χ0n) is 15.1. The zero-order valence-corrected chi connectivity index (χ0v) is 15.1. The standard InChI is InChI=1S/C21H21N3O3/c1-15-19(14-22-27-15)21(26)24-18-12-10-17(11-13-18)23-20(25)9-5-8-16-6-3-2-4-7-16/h2-4,6-7,10-14H,5,8-9H2,1H3,(H,23,25)(H,24,26). The zero-order chi connectivity index (χ0) is 19.1. The molecular formula is C21H21N3O3. The van der Waals surface area contributed by atoms with Crippen LogP contribution in [0.4, 0.5) is 11.4 Å². The van der Waals surface area contributed by atoms with Gasteiger partial charge in [0.1, 0.15) is 11.3 Å². The Morgan fingerprint density at radius 3 is 2.26 bits per heavy atom. The summed E-state index contributed by atoms with van der Waals surface area (Å²) in [5, 5.41) is 9.23. The van der Waals surface area contributed by atoms with E-state index in [4.69, 9.17) is 4.52 Å². The van der Waals surface area contributed by atoms with Gasteiger partial charge in [-0.05, 0) is 49.6 Å². The SMILES string of the molecule is Cc1oncc1C(=O)Nc1ccc(NC(=O)CCCc2ccccc2)cc1. The lowest BCUT2D eigenvalue weighted by Crippen LogP contribution is -2.13. The summed E-state index contributed by atoms with van der Waals surface area (Å²) in [4.78, 5) is 24.2. The molecule has 1 heterocycles. The third-order valence-corrected chi connectivity index (χ3v) is 4.13. The van der Waals surface area contributed by atoms with E-state index in [1.807, 2.05) is 18.2 Å². The molecule has 3 rings (SSSR count). The Labute approximate surface area is 157 Å². The van der Waals surface area contributed by atoms with E-state index in [0.717, 1.165) is 12.8 Å². The second-order valence-corrected chi connectivity index (χ2v) is 6.21. The fraction of sp³-hybridized carbons (Fsp3) is 0.190. The molecule has 138 valence electrons. The number of aryl methyl sites for hydroxylation is 2. The van der Waals surface area contributed by atoms with Crippen molar-refractivity contribution < 1.29 is 14.1 Å². The Kier molecular flexibility index (Phi) is 5.99. The van der Waals surface area contributed by atoms with Crippen molar-refractivity contribution in [1.82, 2.24) is 5.16 Å². The molecule has 1 aromatic heterocycles. The number of nitrogens with one attached hydrogen (secondary N) is 2. The van der Waals surface area contributed by atoms with Gasteiger partial charge in [-0.25, -0.2) is 0 Å². The van der Waals surface area contributed by atoms with Gasteiger partial charge in [0.05, 0.1) is 6.20 Å². The number of nitrogens with zero attached hydrogens (tertiary/aromatic N) is 1. The summed E-state index contributed by atoms with van der Waals surface area (Å²) in [6, 6.07) is 17.1. The minimum atomic E-state index is -0.286. The number of benzene rings is 2. The predicted octanol–water partition coefficient (Wildman–Crippen LogP) is 4.20. The summed E-state index contributed by atoms with van der Waals surface area (Å²) in [5.74, 6) is 0.154. The van der Waals surface area contributed by atoms with Crippen molar-refractivity contribution >= 4 is 23.2 Å². The number of carbonyl (C=O) groups is 2. The average Bonchev–Trinajstić information content (AvgIpc) is 3.10. The van der Waals surface area contributed by atoms with Gasteiger partial charge in [0, 0.05) is 17.8 Å². The number of amides is 2. The number of anilines is 2. The maximum Gasteiger partial charge on any atom is 0.260 e. The van der Waals surface area contributed by atoms with E-state index in [1.165, 1.54) is 11.8 Å². The van der Waals surface area contributed by atoms with Crippen molar-refractivity contribution in [2.45, 2.75) is 26.2 Å². The molecule has 0 aliphatic heterocycles. The number of hydrogen-bond acceptors (Lipinski definition) is 4. The minimum absolute atomic E-state index is 0.0252. The lowest BCUT2D eigenvalue weighted by Gasteiger charge is -2.08. The molecule has 3 aromatic rings. The van der Waals surface area contributed by atoms with Crippen LogP contribution in [-0.4, -0.2) is 17.0 Å². The highest BCUT2D eigenvalue weighted by Gasteiger charge is 2.13. The van der Waals surface area contributed by atoms with Crippen LogP contribution in [0.3, 0.4) is 0 Å². The van der Waals surface area contributed by atoms with Gasteiger partial charge in [-0.3, -0.25) is 9.59 Å². The van der Waals surface area contributed by atoms with Crippen molar-refractivity contribution in [3.8, 4) is 0 Å². The Morgan fingerprint density at radius 1 is 0.963 bits per heavy atom. The van der Waals surface area contributed by atoms with Crippen LogP contribution >= 0.6 is 0 Å². The average molecular weight is 363 g/mol. The third kappa shape index (κ3) is 5.28. The minimum Gasteiger partial charge on any atom is -0.361 e. The molecule has 0 saturated carbocycles. The first-order chi connectivity index (χ1) is 13.1. The molecule has 2 N–H and O–H groups in total. The normalized spacial score (nSPS) is 10.4. The molecular weight excluding hydrogens is 342 g/mol. The largest absolute Gasteiger partial charge is 0.361 e. The summed E-state index contributed by atoms with van der Waals surface area (Å²) in [5.41, 5.74) is 2.95. The second kappa shape index (κ2) is 8.80. The van der Waals surface area contributed by atoms with Crippen molar-refractivity contribution in [1.29, 1.82) is 0 Å². The number of aromatic nitrogens is 1. The maximum absolute atomic E-state index is 12.1. The van der Waals surface area contributed by atoms with Crippen molar-refractivity contribution in [3.63, 3.8) is 0 Å². The summed E-state index contributed by atoms with van der Waals surface area (Å²) >= 11 is 0. The van der Waals surface area contributed by atoms with E-state index in [2.05, 4.69) is 27.9 Å². The molecule has 0 unspecified atom stereocenters. The first-order valence-corrected chi connectivity index (χ1v) is 8.78. The summed E-state index contributed by atoms with van der Waals surface area (Å²) < 4.78 is 4.89. The highest BCUT2D eigenvalue weighted by Crippen LogP contribution is 2.16. The van der Waals surface area contributed by atoms with Crippen LogP contribution in [0.2, 0.25) is 0 Å². The lowest BCUT2D eigenvalue weighted by atomic mass is 10.1. The smallest absolute Gasteiger partial charge is 0.260 e. The topological polar surface area (TPSA) is 84.2 Å². The van der Waals surface area contributed by atoms with Gasteiger partial charge < -0.3 is 15.2 Å². The van der Waals surface area contributed by atoms with Gasteiger partial charge in [0.25, 0.3) is 5.91 Å². The summed E-state index contributed by atoms with van der Waals surface area (Å²) in [6.45, 7) is 1.68. The fourth-order valence-electron chi connectivity index (χ4n) is 2.67. The van der Waals surface area contributed by atoms with E-state index in [9.17, 15) is 9.59 Å². The van der Waals surface area contributed by atoms with Crippen LogP contribution in [0.5, 0.6) is 0 Å². The summed E-state index contributed by atoms with van der Waals surface area (Å²) in [6.07, 6.45) is 3.51. The Morgan fingerprint density at radius 2 is 1.63 bits per heavy atom. The van der Waals surface area contributed by atoms with Crippen LogP contribution in [0, 0.1) is 6.92 Å². The quantitative estimate of drug-likeness (QED) is 0.659. The maximum atomic E-state index is 12.1. The molecule has 0 saturated heterocycles. The highest BCUT2D eigenvalue weighted by molar-refractivity contribution is 6.04. The molecule has 27 heavy (non-hydrogen) atoms. The number of rotatable bonds is 7. The molecule has 0 radical (unpaired) electrons. The number of hydrogen-bond donors (Lipinski definition) is 2. The highest BCUT2D eigenvalue weighted by atomic mass is 16.5. The third-order valence-electron chi connectivity index (χ3n) is 4.13. The van der Waals surface area contributed by atoms with E-state index in [1.54, 1.807) is 31.2 Å². The van der Waals surface area contributed by atoms with E-state index >= 15 is 0 Å². The van der Waals surface area contributed by atoms with Crippen LogP contribution in [-0.2, 0) is 11.2 Å². The lowest BCUT2D eigenvalue weighted by molar-refractivity contribution is -0.116. The van der Waals surface area contributed by atoms with E-state index in [0.29, 0.717) is 29.1 Å². The molecule has 2 aromatic carbocycles. The molecule has 6 nitrogen and oxygen atoms in total. The van der Waals surface area contributed by atoms with Crippen LogP contribution < -0.4 is 10.6 Å². The van der Waals surface area contributed by atoms with Gasteiger partial charge in [-0.15, -0.1) is 0 Å². The first kappa shape index (κ1) is 18.4. The van der Waals surface area contributed by atoms with Crippen LogP contribution in [0.15, 0.2) is 65.3 Å². The molecule has 0 bridgehead atoms. The number of carbonyl (C=O) groups excluding carboxylic acids is 2. The molecule has 0 aliphatic carbocycles. The second-order valence-electron chi connectivity index (χ2n) is 6.21. The van der Waals surface area contributed by atoms with Gasteiger partial charge in [-0.2, -0.15) is 0 Å². The van der Waals surface area contributed by atoms with Gasteiger partial charge in [-0.1, -0.05) is 35.5 Å². The van der Waals surface area contributed by atoms with Crippen molar-refractivity contribution in [2.24, 2.45) is 0 Å². The van der Waals surface area contributed by atoms with Crippen molar-refractivity contribution in [3.05, 3.63) is 77.7 Å². The van der Waals surface area contributed by atoms with Crippen LogP contribution in [0.25, 0.3) is 0 Å². The summed E-state index contributed by atoms with van der Waals surface area (Å²) in [7, 11) is 0. The first-order valence-electron chi connectivity index (χ1n) is 8.78. The Balaban J connectivity index is 1.46. The van der Waals surface area contributed by atoms with E-state index < -0.39 is 0 Å². The predicted molar refractivity (Wildman–Crippen MR) is 104 cm³/mol.